The summed E-state index contributed by atoms with van der Waals surface area (Å²) in [6, 6.07) is 5.00. The van der Waals surface area contributed by atoms with Gasteiger partial charge in [-0.1, -0.05) is 6.07 Å². The molecule has 1 aromatic heterocycles. The number of aryl methyl sites for hydroxylation is 1. The minimum absolute atomic E-state index is 0.170. The highest BCUT2D eigenvalue weighted by molar-refractivity contribution is 5.55. The number of benzene rings is 1. The first-order chi connectivity index (χ1) is 11.9. The lowest BCUT2D eigenvalue weighted by Crippen LogP contribution is -2.36. The number of rotatable bonds is 4. The maximum atomic E-state index is 12.9. The van der Waals surface area contributed by atoms with Gasteiger partial charge in [0.15, 0.2) is 0 Å². The van der Waals surface area contributed by atoms with Crippen molar-refractivity contribution in [1.82, 2.24) is 9.88 Å². The molecule has 1 atom stereocenters. The number of hydrogen-bond donors (Lipinski definition) is 1. The molecule has 2 aromatic rings. The van der Waals surface area contributed by atoms with Crippen LogP contribution in [0.15, 0.2) is 28.7 Å². The lowest BCUT2D eigenvalue weighted by atomic mass is 9.99. The number of aromatic nitrogens is 1. The van der Waals surface area contributed by atoms with Gasteiger partial charge < -0.3 is 9.52 Å². The van der Waals surface area contributed by atoms with Crippen molar-refractivity contribution in [1.29, 1.82) is 0 Å². The van der Waals surface area contributed by atoms with E-state index in [1.807, 2.05) is 0 Å². The van der Waals surface area contributed by atoms with Crippen LogP contribution in [-0.2, 0) is 12.7 Å². The van der Waals surface area contributed by atoms with Crippen LogP contribution in [0.4, 0.5) is 13.2 Å². The Balaban J connectivity index is 1.79. The number of hydrogen-bond acceptors (Lipinski definition) is 4. The van der Waals surface area contributed by atoms with E-state index in [0.29, 0.717) is 17.9 Å². The number of piperidine rings is 1. The Kier molecular flexibility index (Phi) is 5.15. The van der Waals surface area contributed by atoms with Crippen LogP contribution in [0.5, 0.6) is 0 Å². The third-order valence-corrected chi connectivity index (χ3v) is 4.56. The van der Waals surface area contributed by atoms with Crippen LogP contribution in [0.25, 0.3) is 11.5 Å². The van der Waals surface area contributed by atoms with Gasteiger partial charge in [0.05, 0.1) is 11.3 Å². The van der Waals surface area contributed by atoms with E-state index in [9.17, 15) is 18.3 Å². The Morgan fingerprint density at radius 3 is 2.88 bits per heavy atom. The molecule has 136 valence electrons. The number of aliphatic hydroxyl groups is 1. The Morgan fingerprint density at radius 2 is 2.16 bits per heavy atom. The van der Waals surface area contributed by atoms with E-state index in [1.165, 1.54) is 6.07 Å². The van der Waals surface area contributed by atoms with Gasteiger partial charge in [-0.15, -0.1) is 0 Å². The van der Waals surface area contributed by atoms with Crippen LogP contribution in [0.2, 0.25) is 0 Å². The summed E-state index contributed by atoms with van der Waals surface area (Å²) in [7, 11) is 0. The predicted octanol–water partition coefficient (Wildman–Crippen LogP) is 3.87. The molecule has 1 aliphatic heterocycles. The zero-order valence-electron chi connectivity index (χ0n) is 14.0. The molecule has 1 aromatic carbocycles. The van der Waals surface area contributed by atoms with E-state index in [-0.39, 0.29) is 18.4 Å². The standard InChI is InChI=1S/C18H21F3N2O2/c1-12-16(10-23-7-3-4-13(9-23)11-24)22-17(25-12)14-5-2-6-15(8-14)18(19,20)21/h2,5-6,8,13,24H,3-4,7,9-11H2,1H3/t13-/m1/s1. The van der Waals surface area contributed by atoms with Crippen molar-refractivity contribution in [3.05, 3.63) is 41.3 Å². The summed E-state index contributed by atoms with van der Waals surface area (Å²) >= 11 is 0. The number of oxazole rings is 1. The van der Waals surface area contributed by atoms with Crippen molar-refractivity contribution < 1.29 is 22.7 Å². The summed E-state index contributed by atoms with van der Waals surface area (Å²) in [6.07, 6.45) is -2.36. The van der Waals surface area contributed by atoms with Gasteiger partial charge in [-0.25, -0.2) is 4.98 Å². The molecule has 25 heavy (non-hydrogen) atoms. The van der Waals surface area contributed by atoms with Crippen LogP contribution in [0, 0.1) is 12.8 Å². The highest BCUT2D eigenvalue weighted by atomic mass is 19.4. The van der Waals surface area contributed by atoms with Crippen LogP contribution in [0.3, 0.4) is 0 Å². The minimum atomic E-state index is -4.40. The monoisotopic (exact) mass is 354 g/mol. The largest absolute Gasteiger partial charge is 0.441 e. The zero-order valence-corrected chi connectivity index (χ0v) is 14.0. The first kappa shape index (κ1) is 17.9. The highest BCUT2D eigenvalue weighted by Gasteiger charge is 2.31. The third kappa shape index (κ3) is 4.22. The van der Waals surface area contributed by atoms with Gasteiger partial charge in [0.2, 0.25) is 5.89 Å². The molecule has 1 fully saturated rings. The van der Waals surface area contributed by atoms with Gasteiger partial charge in [0, 0.05) is 25.3 Å². The van der Waals surface area contributed by atoms with E-state index in [4.69, 9.17) is 4.42 Å². The molecule has 0 unspecified atom stereocenters. The molecule has 0 spiro atoms. The van der Waals surface area contributed by atoms with Crippen molar-refractivity contribution >= 4 is 0 Å². The Morgan fingerprint density at radius 1 is 1.36 bits per heavy atom. The molecule has 2 heterocycles. The smallest absolute Gasteiger partial charge is 0.416 e. The summed E-state index contributed by atoms with van der Waals surface area (Å²) in [5.41, 5.74) is 0.325. The van der Waals surface area contributed by atoms with E-state index < -0.39 is 11.7 Å². The molecule has 7 heteroatoms. The summed E-state index contributed by atoms with van der Waals surface area (Å²) in [6.45, 7) is 4.23. The van der Waals surface area contributed by atoms with Gasteiger partial charge >= 0.3 is 6.18 Å². The number of alkyl halides is 3. The molecule has 0 bridgehead atoms. The lowest BCUT2D eigenvalue weighted by molar-refractivity contribution is -0.137. The van der Waals surface area contributed by atoms with Gasteiger partial charge in [-0.2, -0.15) is 13.2 Å². The molecule has 4 nitrogen and oxygen atoms in total. The SMILES string of the molecule is Cc1oc(-c2cccc(C(F)(F)F)c2)nc1CN1CCC[C@@H](CO)C1. The van der Waals surface area contributed by atoms with Crippen molar-refractivity contribution in [2.75, 3.05) is 19.7 Å². The van der Waals surface area contributed by atoms with Gasteiger partial charge in [-0.3, -0.25) is 4.90 Å². The lowest BCUT2D eigenvalue weighted by Gasteiger charge is -2.31. The summed E-state index contributed by atoms with van der Waals surface area (Å²) in [5, 5.41) is 9.32. The molecule has 0 aliphatic carbocycles. The molecule has 0 amide bonds. The van der Waals surface area contributed by atoms with Crippen LogP contribution in [-0.4, -0.2) is 34.7 Å². The van der Waals surface area contributed by atoms with Gasteiger partial charge in [0.1, 0.15) is 5.76 Å². The number of halogens is 3. The van der Waals surface area contributed by atoms with E-state index in [1.54, 1.807) is 13.0 Å². The van der Waals surface area contributed by atoms with Crippen molar-refractivity contribution in [2.24, 2.45) is 5.92 Å². The second kappa shape index (κ2) is 7.17. The number of nitrogens with zero attached hydrogens (tertiary/aromatic N) is 2. The average Bonchev–Trinajstić information content (AvgIpc) is 2.95. The van der Waals surface area contributed by atoms with E-state index in [0.717, 1.165) is 43.8 Å². The fourth-order valence-corrected chi connectivity index (χ4v) is 3.18. The predicted molar refractivity (Wildman–Crippen MR) is 86.8 cm³/mol. The fourth-order valence-electron chi connectivity index (χ4n) is 3.18. The second-order valence-electron chi connectivity index (χ2n) is 6.53. The normalized spacial score (nSPS) is 19.3. The quantitative estimate of drug-likeness (QED) is 0.905. The van der Waals surface area contributed by atoms with Crippen molar-refractivity contribution in [3.63, 3.8) is 0 Å². The second-order valence-corrected chi connectivity index (χ2v) is 6.53. The third-order valence-electron chi connectivity index (χ3n) is 4.56. The van der Waals surface area contributed by atoms with E-state index in [2.05, 4.69) is 9.88 Å². The topological polar surface area (TPSA) is 49.5 Å². The molecule has 1 saturated heterocycles. The molecule has 1 aliphatic rings. The molecule has 3 rings (SSSR count). The van der Waals surface area contributed by atoms with Gasteiger partial charge in [0.25, 0.3) is 0 Å². The zero-order chi connectivity index (χ0) is 18.0. The Labute approximate surface area is 144 Å². The van der Waals surface area contributed by atoms with E-state index >= 15 is 0 Å². The first-order valence-corrected chi connectivity index (χ1v) is 8.34. The molecular weight excluding hydrogens is 333 g/mol. The van der Waals surface area contributed by atoms with Crippen LogP contribution >= 0.6 is 0 Å². The molecule has 0 radical (unpaired) electrons. The van der Waals surface area contributed by atoms with Crippen molar-refractivity contribution in [3.8, 4) is 11.5 Å². The Bertz CT molecular complexity index is 727. The molecule has 0 saturated carbocycles. The summed E-state index contributed by atoms with van der Waals surface area (Å²) < 4.78 is 44.2. The first-order valence-electron chi connectivity index (χ1n) is 8.34. The summed E-state index contributed by atoms with van der Waals surface area (Å²) in [4.78, 5) is 6.61. The average molecular weight is 354 g/mol. The van der Waals surface area contributed by atoms with Crippen LogP contribution < -0.4 is 0 Å². The minimum Gasteiger partial charge on any atom is -0.441 e. The molecule has 1 N–H and O–H groups in total. The van der Waals surface area contributed by atoms with Crippen molar-refractivity contribution in [2.45, 2.75) is 32.5 Å². The fraction of sp³-hybridized carbons (Fsp3) is 0.500. The maximum absolute atomic E-state index is 12.9. The Hall–Kier alpha value is -1.86. The summed E-state index contributed by atoms with van der Waals surface area (Å²) in [5.74, 6) is 1.08. The maximum Gasteiger partial charge on any atom is 0.416 e. The van der Waals surface area contributed by atoms with Crippen LogP contribution in [0.1, 0.15) is 29.9 Å². The molecular formula is C18H21F3N2O2. The number of aliphatic hydroxyl groups excluding tert-OH is 1. The van der Waals surface area contributed by atoms with Gasteiger partial charge in [-0.05, 0) is 50.4 Å². The number of likely N-dealkylation sites (tertiary alicyclic amines) is 1. The highest BCUT2D eigenvalue weighted by Crippen LogP contribution is 2.32.